The van der Waals surface area contributed by atoms with Gasteiger partial charge in [0.15, 0.2) is 5.16 Å². The second-order valence-electron chi connectivity index (χ2n) is 5.39. The lowest BCUT2D eigenvalue weighted by molar-refractivity contribution is -0.118. The molecule has 2 aromatic rings. The molecule has 7 heteroatoms. The number of aromatic nitrogens is 3. The third-order valence-electron chi connectivity index (χ3n) is 3.46. The summed E-state index contributed by atoms with van der Waals surface area (Å²) in [5.41, 5.74) is 0. The smallest absolute Gasteiger partial charge is 0.230 e. The van der Waals surface area contributed by atoms with Gasteiger partial charge in [0, 0.05) is 23.9 Å². The Morgan fingerprint density at radius 1 is 1.50 bits per heavy atom. The number of hydrogen-bond donors (Lipinski definition) is 1. The Balaban J connectivity index is 1.66. The lowest BCUT2D eigenvalue weighted by atomic mass is 10.3. The second-order valence-corrected chi connectivity index (χ2v) is 7.37. The Morgan fingerprint density at radius 3 is 3.05 bits per heavy atom. The van der Waals surface area contributed by atoms with E-state index in [-0.39, 0.29) is 5.91 Å². The summed E-state index contributed by atoms with van der Waals surface area (Å²) >= 11 is 3.23. The van der Waals surface area contributed by atoms with Crippen LogP contribution in [0.5, 0.6) is 0 Å². The monoisotopic (exact) mass is 336 g/mol. The predicted octanol–water partition coefficient (Wildman–Crippen LogP) is 2.88. The van der Waals surface area contributed by atoms with Gasteiger partial charge in [-0.05, 0) is 30.7 Å². The van der Waals surface area contributed by atoms with E-state index < -0.39 is 0 Å². The van der Waals surface area contributed by atoms with Crippen LogP contribution in [0.15, 0.2) is 22.7 Å². The number of thiophene rings is 1. The maximum Gasteiger partial charge on any atom is 0.230 e. The van der Waals surface area contributed by atoms with Gasteiger partial charge in [0.2, 0.25) is 5.91 Å². The van der Waals surface area contributed by atoms with E-state index in [4.69, 9.17) is 0 Å². The highest BCUT2D eigenvalue weighted by Crippen LogP contribution is 2.39. The molecule has 0 atom stereocenters. The molecule has 1 saturated carbocycles. The van der Waals surface area contributed by atoms with E-state index in [9.17, 15) is 4.79 Å². The van der Waals surface area contributed by atoms with Gasteiger partial charge in [0.05, 0.1) is 5.75 Å². The first kappa shape index (κ1) is 15.6. The topological polar surface area (TPSA) is 59.8 Å². The Bertz CT molecular complexity index is 620. The number of carbonyl (C=O) groups is 1. The summed E-state index contributed by atoms with van der Waals surface area (Å²) in [4.78, 5) is 13.0. The fraction of sp³-hybridized carbons (Fsp3) is 0.533. The second kappa shape index (κ2) is 7.28. The molecule has 1 fully saturated rings. The van der Waals surface area contributed by atoms with E-state index in [1.165, 1.54) is 29.5 Å². The van der Waals surface area contributed by atoms with Crippen LogP contribution in [0.2, 0.25) is 0 Å². The molecule has 1 N–H and O–H groups in total. The predicted molar refractivity (Wildman–Crippen MR) is 89.4 cm³/mol. The van der Waals surface area contributed by atoms with Crippen molar-refractivity contribution in [3.63, 3.8) is 0 Å². The third-order valence-corrected chi connectivity index (χ3v) is 5.28. The van der Waals surface area contributed by atoms with Crippen molar-refractivity contribution in [2.75, 3.05) is 12.3 Å². The van der Waals surface area contributed by atoms with Crippen LogP contribution in [0.1, 0.15) is 42.9 Å². The van der Waals surface area contributed by atoms with Crippen molar-refractivity contribution >= 4 is 29.0 Å². The van der Waals surface area contributed by atoms with E-state index in [2.05, 4.69) is 37.6 Å². The molecule has 0 spiro atoms. The van der Waals surface area contributed by atoms with Crippen molar-refractivity contribution in [2.24, 2.45) is 0 Å². The minimum atomic E-state index is 0.0667. The van der Waals surface area contributed by atoms with E-state index in [0.717, 1.165) is 30.4 Å². The quantitative estimate of drug-likeness (QED) is 0.753. The molecule has 5 nitrogen and oxygen atoms in total. The minimum Gasteiger partial charge on any atom is -0.355 e. The molecular formula is C15H20N4OS2. The van der Waals surface area contributed by atoms with E-state index in [1.54, 1.807) is 11.3 Å². The maximum absolute atomic E-state index is 11.7. The van der Waals surface area contributed by atoms with Crippen molar-refractivity contribution in [1.82, 2.24) is 20.1 Å². The van der Waals surface area contributed by atoms with Gasteiger partial charge in [-0.3, -0.25) is 4.79 Å². The van der Waals surface area contributed by atoms with E-state index >= 15 is 0 Å². The summed E-state index contributed by atoms with van der Waals surface area (Å²) in [5.74, 6) is 1.49. The van der Waals surface area contributed by atoms with E-state index in [0.29, 0.717) is 11.8 Å². The van der Waals surface area contributed by atoms with Crippen LogP contribution >= 0.6 is 23.1 Å². The minimum absolute atomic E-state index is 0.0667. The lowest BCUT2D eigenvalue weighted by Gasteiger charge is -2.08. The van der Waals surface area contributed by atoms with Crippen LogP contribution in [0.25, 0.3) is 0 Å². The summed E-state index contributed by atoms with van der Waals surface area (Å²) in [6.07, 6.45) is 4.15. The van der Waals surface area contributed by atoms with Crippen molar-refractivity contribution < 1.29 is 4.79 Å². The number of hydrogen-bond acceptors (Lipinski definition) is 5. The summed E-state index contributed by atoms with van der Waals surface area (Å²) in [7, 11) is 0. The van der Waals surface area contributed by atoms with Crippen LogP contribution in [0.4, 0.5) is 0 Å². The van der Waals surface area contributed by atoms with Crippen LogP contribution < -0.4 is 5.32 Å². The molecule has 1 aliphatic rings. The van der Waals surface area contributed by atoms with Gasteiger partial charge in [-0.15, -0.1) is 21.5 Å². The van der Waals surface area contributed by atoms with E-state index in [1.807, 2.05) is 6.92 Å². The average Bonchev–Trinajstić information content (AvgIpc) is 3.07. The Morgan fingerprint density at radius 2 is 2.36 bits per heavy atom. The SMILES string of the molecule is CCCNC(=O)CSc1nnc(Cc2cccs2)n1C1CC1. The summed E-state index contributed by atoms with van der Waals surface area (Å²) in [6.45, 7) is 2.78. The van der Waals surface area contributed by atoms with Crippen molar-refractivity contribution in [1.29, 1.82) is 0 Å². The summed E-state index contributed by atoms with van der Waals surface area (Å²) < 4.78 is 2.23. The number of rotatable bonds is 8. The van der Waals surface area contributed by atoms with Crippen LogP contribution in [-0.2, 0) is 11.2 Å². The molecule has 0 aliphatic heterocycles. The van der Waals surface area contributed by atoms with Crippen molar-refractivity contribution in [3.8, 4) is 0 Å². The molecule has 0 saturated heterocycles. The summed E-state index contributed by atoms with van der Waals surface area (Å²) in [6, 6.07) is 4.71. The molecule has 22 heavy (non-hydrogen) atoms. The van der Waals surface area contributed by atoms with Gasteiger partial charge >= 0.3 is 0 Å². The largest absolute Gasteiger partial charge is 0.355 e. The fourth-order valence-electron chi connectivity index (χ4n) is 2.24. The Hall–Kier alpha value is -1.34. The molecule has 0 unspecified atom stereocenters. The number of nitrogens with zero attached hydrogens (tertiary/aromatic N) is 3. The number of thioether (sulfide) groups is 1. The van der Waals surface area contributed by atoms with Crippen LogP contribution in [-0.4, -0.2) is 33.0 Å². The first-order valence-corrected chi connectivity index (χ1v) is 9.50. The zero-order chi connectivity index (χ0) is 15.4. The summed E-state index contributed by atoms with van der Waals surface area (Å²) in [5, 5.41) is 14.5. The van der Waals surface area contributed by atoms with Gasteiger partial charge in [-0.1, -0.05) is 24.8 Å². The number of amides is 1. The molecule has 1 aliphatic carbocycles. The molecule has 0 aromatic carbocycles. The standard InChI is InChI=1S/C15H20N4OS2/c1-2-7-16-14(20)10-22-15-18-17-13(19(15)11-5-6-11)9-12-4-3-8-21-12/h3-4,8,11H,2,5-7,9-10H2,1H3,(H,16,20). The molecule has 2 aromatic heterocycles. The van der Waals surface area contributed by atoms with Crippen molar-refractivity contribution in [3.05, 3.63) is 28.2 Å². The average molecular weight is 336 g/mol. The van der Waals surface area contributed by atoms with Gasteiger partial charge in [0.25, 0.3) is 0 Å². The van der Waals surface area contributed by atoms with Crippen LogP contribution in [0, 0.1) is 0 Å². The van der Waals surface area contributed by atoms with Gasteiger partial charge < -0.3 is 9.88 Å². The highest BCUT2D eigenvalue weighted by molar-refractivity contribution is 7.99. The van der Waals surface area contributed by atoms with Crippen molar-refractivity contribution in [2.45, 2.75) is 43.8 Å². The molecular weight excluding hydrogens is 316 g/mol. The fourth-order valence-corrected chi connectivity index (χ4v) is 3.80. The molecule has 3 rings (SSSR count). The maximum atomic E-state index is 11.7. The highest BCUT2D eigenvalue weighted by Gasteiger charge is 2.29. The van der Waals surface area contributed by atoms with Crippen LogP contribution in [0.3, 0.4) is 0 Å². The number of nitrogens with one attached hydrogen (secondary N) is 1. The zero-order valence-corrected chi connectivity index (χ0v) is 14.3. The van der Waals surface area contributed by atoms with Gasteiger partial charge in [0.1, 0.15) is 5.82 Å². The molecule has 118 valence electrons. The zero-order valence-electron chi connectivity index (χ0n) is 12.6. The number of carbonyl (C=O) groups excluding carboxylic acids is 1. The normalized spacial score (nSPS) is 14.2. The molecule has 0 radical (unpaired) electrons. The third kappa shape index (κ3) is 3.89. The first-order valence-electron chi connectivity index (χ1n) is 7.63. The lowest BCUT2D eigenvalue weighted by Crippen LogP contribution is -2.25. The van der Waals surface area contributed by atoms with Gasteiger partial charge in [-0.2, -0.15) is 0 Å². The Labute approximate surface area is 138 Å². The van der Waals surface area contributed by atoms with Gasteiger partial charge in [-0.25, -0.2) is 0 Å². The Kier molecular flexibility index (Phi) is 5.15. The first-order chi connectivity index (χ1) is 10.8. The molecule has 1 amide bonds. The molecule has 2 heterocycles. The molecule has 0 bridgehead atoms. The highest BCUT2D eigenvalue weighted by atomic mass is 32.2.